The molecule has 6 heteroatoms. The number of amides is 1. The van der Waals surface area contributed by atoms with Crippen LogP contribution in [0.15, 0.2) is 36.7 Å². The van der Waals surface area contributed by atoms with Crippen molar-refractivity contribution < 1.29 is 4.79 Å². The van der Waals surface area contributed by atoms with Crippen LogP contribution >= 0.6 is 0 Å². The van der Waals surface area contributed by atoms with Gasteiger partial charge in [-0.3, -0.25) is 4.79 Å². The van der Waals surface area contributed by atoms with Crippen LogP contribution in [0.4, 0.5) is 11.5 Å². The summed E-state index contributed by atoms with van der Waals surface area (Å²) >= 11 is 0. The van der Waals surface area contributed by atoms with Crippen molar-refractivity contribution in [3.8, 4) is 0 Å². The maximum atomic E-state index is 11.3. The Balaban J connectivity index is 2.27. The highest BCUT2D eigenvalue weighted by Crippen LogP contribution is 2.16. The van der Waals surface area contributed by atoms with Gasteiger partial charge in [0.1, 0.15) is 12.1 Å². The van der Waals surface area contributed by atoms with Crippen LogP contribution < -0.4 is 16.4 Å². The molecule has 0 spiro atoms. The van der Waals surface area contributed by atoms with Crippen LogP contribution in [0.1, 0.15) is 18.2 Å². The minimum Gasteiger partial charge on any atom is -0.399 e. The van der Waals surface area contributed by atoms with Crippen LogP contribution in [0.5, 0.6) is 0 Å². The zero-order valence-corrected chi connectivity index (χ0v) is 12.0. The van der Waals surface area contributed by atoms with Crippen LogP contribution in [-0.4, -0.2) is 22.4 Å². The number of primary amides is 1. The van der Waals surface area contributed by atoms with Gasteiger partial charge in [-0.1, -0.05) is 19.1 Å². The van der Waals surface area contributed by atoms with Crippen molar-refractivity contribution in [2.75, 3.05) is 17.2 Å². The van der Waals surface area contributed by atoms with E-state index in [2.05, 4.69) is 9.97 Å². The minimum absolute atomic E-state index is 0.0922. The molecule has 0 saturated carbocycles. The molecule has 1 aromatic heterocycles. The maximum absolute atomic E-state index is 11.3. The molecule has 0 atom stereocenters. The summed E-state index contributed by atoms with van der Waals surface area (Å²) in [6.07, 6.45) is 2.31. The summed E-state index contributed by atoms with van der Waals surface area (Å²) < 4.78 is 0. The highest BCUT2D eigenvalue weighted by molar-refractivity contribution is 5.79. The van der Waals surface area contributed by atoms with Crippen molar-refractivity contribution in [1.82, 2.24) is 9.97 Å². The minimum atomic E-state index is -0.407. The molecule has 2 aromatic rings. The van der Waals surface area contributed by atoms with Crippen LogP contribution in [0.25, 0.3) is 0 Å². The SMILES string of the molecule is CCc1cc(N(CC(N)=O)Cc2cccc(N)c2)ncn1. The number of carbonyl (C=O) groups is 1. The van der Waals surface area contributed by atoms with Gasteiger partial charge in [-0.25, -0.2) is 9.97 Å². The largest absolute Gasteiger partial charge is 0.399 e. The van der Waals surface area contributed by atoms with Crippen LogP contribution in [0.3, 0.4) is 0 Å². The summed E-state index contributed by atoms with van der Waals surface area (Å²) in [5.74, 6) is 0.277. The number of aryl methyl sites for hydroxylation is 1. The Morgan fingerprint density at radius 1 is 1.29 bits per heavy atom. The first-order chi connectivity index (χ1) is 10.1. The number of benzene rings is 1. The molecule has 1 amide bonds. The fraction of sp³-hybridized carbons (Fsp3) is 0.267. The van der Waals surface area contributed by atoms with Gasteiger partial charge < -0.3 is 16.4 Å². The third-order valence-electron chi connectivity index (χ3n) is 3.07. The van der Waals surface area contributed by atoms with Crippen molar-refractivity contribution in [1.29, 1.82) is 0 Å². The maximum Gasteiger partial charge on any atom is 0.237 e. The first kappa shape index (κ1) is 14.8. The summed E-state index contributed by atoms with van der Waals surface area (Å²) in [4.78, 5) is 21.5. The third-order valence-corrected chi connectivity index (χ3v) is 3.07. The second-order valence-corrected chi connectivity index (χ2v) is 4.79. The van der Waals surface area contributed by atoms with E-state index in [0.29, 0.717) is 18.1 Å². The molecule has 0 aliphatic heterocycles. The Bertz CT molecular complexity index is 629. The van der Waals surface area contributed by atoms with E-state index in [0.717, 1.165) is 17.7 Å². The number of hydrogen-bond acceptors (Lipinski definition) is 5. The van der Waals surface area contributed by atoms with Gasteiger partial charge in [0, 0.05) is 24.0 Å². The predicted molar refractivity (Wildman–Crippen MR) is 82.5 cm³/mol. The zero-order chi connectivity index (χ0) is 15.2. The molecule has 0 saturated heterocycles. The van der Waals surface area contributed by atoms with Crippen molar-refractivity contribution in [2.24, 2.45) is 5.73 Å². The number of hydrogen-bond donors (Lipinski definition) is 2. The van der Waals surface area contributed by atoms with Gasteiger partial charge in [-0.2, -0.15) is 0 Å². The third kappa shape index (κ3) is 4.17. The van der Waals surface area contributed by atoms with E-state index in [4.69, 9.17) is 11.5 Å². The van der Waals surface area contributed by atoms with E-state index in [9.17, 15) is 4.79 Å². The Morgan fingerprint density at radius 3 is 2.76 bits per heavy atom. The van der Waals surface area contributed by atoms with Crippen molar-refractivity contribution >= 4 is 17.4 Å². The number of anilines is 2. The fourth-order valence-electron chi connectivity index (χ4n) is 2.07. The standard InChI is InChI=1S/C15H19N5O/c1-2-13-7-15(19-10-18-13)20(9-14(17)21)8-11-4-3-5-12(16)6-11/h3-7,10H,2,8-9,16H2,1H3,(H2,17,21). The molecule has 0 bridgehead atoms. The molecule has 1 heterocycles. The summed E-state index contributed by atoms with van der Waals surface area (Å²) in [6.45, 7) is 2.62. The van der Waals surface area contributed by atoms with Gasteiger partial charge in [0.2, 0.25) is 5.91 Å². The molecule has 2 rings (SSSR count). The summed E-state index contributed by atoms with van der Waals surface area (Å²) in [7, 11) is 0. The molecular formula is C15H19N5O. The summed E-state index contributed by atoms with van der Waals surface area (Å²) in [5, 5.41) is 0. The van der Waals surface area contributed by atoms with Crippen molar-refractivity contribution in [3.05, 3.63) is 47.9 Å². The topological polar surface area (TPSA) is 98.1 Å². The second-order valence-electron chi connectivity index (χ2n) is 4.79. The van der Waals surface area contributed by atoms with Gasteiger partial charge >= 0.3 is 0 Å². The van der Waals surface area contributed by atoms with Crippen LogP contribution in [0, 0.1) is 0 Å². The number of nitrogens with zero attached hydrogens (tertiary/aromatic N) is 3. The number of aromatic nitrogens is 2. The van der Waals surface area contributed by atoms with Gasteiger partial charge in [-0.15, -0.1) is 0 Å². The molecular weight excluding hydrogens is 266 g/mol. The lowest BCUT2D eigenvalue weighted by Gasteiger charge is -2.22. The number of carbonyl (C=O) groups excluding carboxylic acids is 1. The van der Waals surface area contributed by atoms with E-state index in [1.54, 1.807) is 0 Å². The smallest absolute Gasteiger partial charge is 0.237 e. The van der Waals surface area contributed by atoms with Crippen LogP contribution in [-0.2, 0) is 17.8 Å². The van der Waals surface area contributed by atoms with E-state index in [1.165, 1.54) is 6.33 Å². The molecule has 0 aliphatic rings. The molecule has 21 heavy (non-hydrogen) atoms. The lowest BCUT2D eigenvalue weighted by Crippen LogP contribution is -2.34. The normalized spacial score (nSPS) is 10.3. The summed E-state index contributed by atoms with van der Waals surface area (Å²) in [6, 6.07) is 9.39. The van der Waals surface area contributed by atoms with Gasteiger partial charge in [0.15, 0.2) is 0 Å². The average molecular weight is 285 g/mol. The molecule has 6 nitrogen and oxygen atoms in total. The van der Waals surface area contributed by atoms with Crippen molar-refractivity contribution in [2.45, 2.75) is 19.9 Å². The Hall–Kier alpha value is -2.63. The number of nitrogens with two attached hydrogens (primary N) is 2. The lowest BCUT2D eigenvalue weighted by atomic mass is 10.2. The van der Waals surface area contributed by atoms with E-state index in [1.807, 2.05) is 42.2 Å². The van der Waals surface area contributed by atoms with Gasteiger partial charge in [-0.05, 0) is 24.1 Å². The molecule has 0 aliphatic carbocycles. The Kier molecular flexibility index (Phi) is 4.71. The average Bonchev–Trinajstić information content (AvgIpc) is 2.46. The molecule has 0 radical (unpaired) electrons. The van der Waals surface area contributed by atoms with Gasteiger partial charge in [0.05, 0.1) is 6.54 Å². The monoisotopic (exact) mass is 285 g/mol. The molecule has 0 unspecified atom stereocenters. The first-order valence-corrected chi connectivity index (χ1v) is 6.77. The molecule has 1 aromatic carbocycles. The first-order valence-electron chi connectivity index (χ1n) is 6.77. The van der Waals surface area contributed by atoms with Gasteiger partial charge in [0.25, 0.3) is 0 Å². The van der Waals surface area contributed by atoms with Crippen molar-refractivity contribution in [3.63, 3.8) is 0 Å². The number of nitrogen functional groups attached to an aromatic ring is 1. The van der Waals surface area contributed by atoms with E-state index < -0.39 is 5.91 Å². The van der Waals surface area contributed by atoms with E-state index >= 15 is 0 Å². The summed E-state index contributed by atoms with van der Waals surface area (Å²) in [5.41, 5.74) is 13.7. The highest BCUT2D eigenvalue weighted by Gasteiger charge is 2.12. The fourth-order valence-corrected chi connectivity index (χ4v) is 2.07. The molecule has 0 fully saturated rings. The quantitative estimate of drug-likeness (QED) is 0.775. The highest BCUT2D eigenvalue weighted by atomic mass is 16.1. The van der Waals surface area contributed by atoms with Crippen LogP contribution in [0.2, 0.25) is 0 Å². The molecule has 110 valence electrons. The zero-order valence-electron chi connectivity index (χ0n) is 12.0. The Labute approximate surface area is 123 Å². The lowest BCUT2D eigenvalue weighted by molar-refractivity contribution is -0.116. The Morgan fingerprint density at radius 2 is 2.10 bits per heavy atom. The number of rotatable bonds is 6. The van der Waals surface area contributed by atoms with E-state index in [-0.39, 0.29) is 6.54 Å². The second kappa shape index (κ2) is 6.69. The predicted octanol–water partition coefficient (Wildman–Crippen LogP) is 1.11. The molecule has 4 N–H and O–H groups in total.